The van der Waals surface area contributed by atoms with Crippen LogP contribution in [0, 0.1) is 0 Å². The maximum atomic E-state index is 11.4. The van der Waals surface area contributed by atoms with Crippen LogP contribution in [0.2, 0.25) is 0 Å². The number of rotatable bonds is 7. The molecular weight excluding hydrogens is 258 g/mol. The van der Waals surface area contributed by atoms with Crippen LogP contribution in [-0.2, 0) is 16.1 Å². The summed E-state index contributed by atoms with van der Waals surface area (Å²) in [6, 6.07) is 6.38. The Morgan fingerprint density at radius 2 is 2.10 bits per heavy atom. The topological polar surface area (TPSA) is 56.8 Å². The average Bonchev–Trinajstić information content (AvgIpc) is 3.29. The molecule has 0 aliphatic heterocycles. The highest BCUT2D eigenvalue weighted by atomic mass is 16.6. The summed E-state index contributed by atoms with van der Waals surface area (Å²) in [5.41, 5.74) is 1.13. The summed E-state index contributed by atoms with van der Waals surface area (Å²) in [4.78, 5) is 11.4. The van der Waals surface area contributed by atoms with Crippen molar-refractivity contribution in [1.29, 1.82) is 0 Å². The van der Waals surface area contributed by atoms with E-state index >= 15 is 0 Å². The summed E-state index contributed by atoms with van der Waals surface area (Å²) in [5, 5.41) is 3.44. The number of benzene rings is 1. The molecule has 2 rings (SSSR count). The summed E-state index contributed by atoms with van der Waals surface area (Å²) < 4.78 is 15.5. The van der Waals surface area contributed by atoms with Crippen LogP contribution in [-0.4, -0.2) is 32.3 Å². The molecule has 0 saturated heterocycles. The molecule has 1 unspecified atom stereocenters. The summed E-state index contributed by atoms with van der Waals surface area (Å²) >= 11 is 0. The van der Waals surface area contributed by atoms with E-state index in [4.69, 9.17) is 9.47 Å². The van der Waals surface area contributed by atoms with E-state index in [0.717, 1.165) is 12.1 Å². The summed E-state index contributed by atoms with van der Waals surface area (Å²) in [6.07, 6.45) is 1.86. The van der Waals surface area contributed by atoms with Crippen molar-refractivity contribution in [2.75, 3.05) is 14.2 Å². The number of esters is 1. The molecule has 5 heteroatoms. The number of ether oxygens (including phenoxy) is 3. The molecule has 1 N–H and O–H groups in total. The van der Waals surface area contributed by atoms with E-state index in [2.05, 4.69) is 10.1 Å². The molecule has 0 spiro atoms. The first-order chi connectivity index (χ1) is 9.63. The number of carbonyl (C=O) groups is 1. The van der Waals surface area contributed by atoms with Gasteiger partial charge in [0.1, 0.15) is 0 Å². The fourth-order valence-electron chi connectivity index (χ4n) is 1.87. The molecule has 1 aromatic rings. The quantitative estimate of drug-likeness (QED) is 0.772. The standard InChI is InChI=1S/C15H21NO4/c1-10(15(17)19-3)20-13-7-4-11(8-14(13)18-2)9-16-12-5-6-12/h4,7-8,10,12,16H,5-6,9H2,1-3H3. The van der Waals surface area contributed by atoms with Gasteiger partial charge in [0.25, 0.3) is 0 Å². The highest BCUT2D eigenvalue weighted by Crippen LogP contribution is 2.29. The zero-order valence-electron chi connectivity index (χ0n) is 12.1. The first-order valence-electron chi connectivity index (χ1n) is 6.79. The van der Waals surface area contributed by atoms with Crippen molar-refractivity contribution in [2.45, 2.75) is 38.5 Å². The van der Waals surface area contributed by atoms with Gasteiger partial charge in [-0.3, -0.25) is 0 Å². The van der Waals surface area contributed by atoms with Crippen molar-refractivity contribution in [3.63, 3.8) is 0 Å². The molecule has 0 radical (unpaired) electrons. The van der Waals surface area contributed by atoms with Gasteiger partial charge in [-0.05, 0) is 37.5 Å². The largest absolute Gasteiger partial charge is 0.493 e. The fraction of sp³-hybridized carbons (Fsp3) is 0.533. The van der Waals surface area contributed by atoms with Gasteiger partial charge in [0, 0.05) is 12.6 Å². The van der Waals surface area contributed by atoms with E-state index in [1.165, 1.54) is 20.0 Å². The Hall–Kier alpha value is -1.75. The Bertz CT molecular complexity index is 471. The van der Waals surface area contributed by atoms with Gasteiger partial charge in [-0.1, -0.05) is 6.07 Å². The number of carbonyl (C=O) groups excluding carboxylic acids is 1. The number of methoxy groups -OCH3 is 2. The number of nitrogens with one attached hydrogen (secondary N) is 1. The Morgan fingerprint density at radius 1 is 1.35 bits per heavy atom. The number of hydrogen-bond acceptors (Lipinski definition) is 5. The minimum Gasteiger partial charge on any atom is -0.493 e. The predicted molar refractivity (Wildman–Crippen MR) is 75.0 cm³/mol. The van der Waals surface area contributed by atoms with Gasteiger partial charge in [0.15, 0.2) is 17.6 Å². The van der Waals surface area contributed by atoms with E-state index < -0.39 is 12.1 Å². The molecule has 0 amide bonds. The van der Waals surface area contributed by atoms with Crippen LogP contribution in [0.1, 0.15) is 25.3 Å². The molecular formula is C15H21NO4. The van der Waals surface area contributed by atoms with Crippen molar-refractivity contribution in [2.24, 2.45) is 0 Å². The summed E-state index contributed by atoms with van der Waals surface area (Å²) in [6.45, 7) is 2.46. The molecule has 1 fully saturated rings. The molecule has 1 aliphatic rings. The van der Waals surface area contributed by atoms with E-state index in [1.807, 2.05) is 18.2 Å². The van der Waals surface area contributed by atoms with Crippen LogP contribution in [0.4, 0.5) is 0 Å². The third-order valence-corrected chi connectivity index (χ3v) is 3.24. The lowest BCUT2D eigenvalue weighted by Gasteiger charge is -2.16. The van der Waals surface area contributed by atoms with Crippen LogP contribution in [0.15, 0.2) is 18.2 Å². The van der Waals surface area contributed by atoms with E-state index in [-0.39, 0.29) is 0 Å². The van der Waals surface area contributed by atoms with E-state index in [1.54, 1.807) is 14.0 Å². The maximum Gasteiger partial charge on any atom is 0.346 e. The maximum absolute atomic E-state index is 11.4. The van der Waals surface area contributed by atoms with Gasteiger partial charge in [0.2, 0.25) is 0 Å². The van der Waals surface area contributed by atoms with Gasteiger partial charge in [-0.2, -0.15) is 0 Å². The highest BCUT2D eigenvalue weighted by molar-refractivity contribution is 5.74. The molecule has 1 atom stereocenters. The van der Waals surface area contributed by atoms with Crippen molar-refractivity contribution in [3.8, 4) is 11.5 Å². The van der Waals surface area contributed by atoms with Gasteiger partial charge >= 0.3 is 5.97 Å². The first kappa shape index (κ1) is 14.7. The molecule has 1 saturated carbocycles. The van der Waals surface area contributed by atoms with Crippen LogP contribution in [0.3, 0.4) is 0 Å². The van der Waals surface area contributed by atoms with Crippen molar-refractivity contribution in [3.05, 3.63) is 23.8 Å². The molecule has 0 bridgehead atoms. The third-order valence-electron chi connectivity index (χ3n) is 3.24. The zero-order chi connectivity index (χ0) is 14.5. The minimum absolute atomic E-state index is 0.411. The summed E-state index contributed by atoms with van der Waals surface area (Å²) in [7, 11) is 2.93. The van der Waals surface area contributed by atoms with Gasteiger partial charge in [-0.15, -0.1) is 0 Å². The minimum atomic E-state index is -0.663. The van der Waals surface area contributed by atoms with Crippen molar-refractivity contribution < 1.29 is 19.0 Å². The van der Waals surface area contributed by atoms with Crippen LogP contribution < -0.4 is 14.8 Å². The van der Waals surface area contributed by atoms with E-state index in [9.17, 15) is 4.79 Å². The Balaban J connectivity index is 2.02. The monoisotopic (exact) mass is 279 g/mol. The predicted octanol–water partition coefficient (Wildman–Crippen LogP) is 1.89. The highest BCUT2D eigenvalue weighted by Gasteiger charge is 2.21. The van der Waals surface area contributed by atoms with Crippen LogP contribution in [0.25, 0.3) is 0 Å². The van der Waals surface area contributed by atoms with Crippen LogP contribution >= 0.6 is 0 Å². The van der Waals surface area contributed by atoms with Gasteiger partial charge < -0.3 is 19.5 Å². The average molecular weight is 279 g/mol. The van der Waals surface area contributed by atoms with Crippen LogP contribution in [0.5, 0.6) is 11.5 Å². The molecule has 20 heavy (non-hydrogen) atoms. The Morgan fingerprint density at radius 3 is 2.70 bits per heavy atom. The van der Waals surface area contributed by atoms with Gasteiger partial charge in [-0.25, -0.2) is 4.79 Å². The van der Waals surface area contributed by atoms with E-state index in [0.29, 0.717) is 17.5 Å². The van der Waals surface area contributed by atoms with Gasteiger partial charge in [0.05, 0.1) is 14.2 Å². The third kappa shape index (κ3) is 3.87. The molecule has 1 aromatic carbocycles. The second-order valence-corrected chi connectivity index (χ2v) is 4.92. The molecule has 0 aromatic heterocycles. The summed E-state index contributed by atoms with van der Waals surface area (Å²) in [5.74, 6) is 0.753. The smallest absolute Gasteiger partial charge is 0.346 e. The Kier molecular flexibility index (Phi) is 4.84. The SMILES string of the molecule is COC(=O)C(C)Oc1ccc(CNC2CC2)cc1OC. The lowest BCUT2D eigenvalue weighted by molar-refractivity contribution is -0.147. The second kappa shape index (κ2) is 6.61. The fourth-order valence-corrected chi connectivity index (χ4v) is 1.87. The first-order valence-corrected chi connectivity index (χ1v) is 6.79. The van der Waals surface area contributed by atoms with Crippen molar-refractivity contribution >= 4 is 5.97 Å². The normalized spacial score (nSPS) is 15.6. The molecule has 5 nitrogen and oxygen atoms in total. The molecule has 110 valence electrons. The molecule has 1 aliphatic carbocycles. The molecule has 0 heterocycles. The van der Waals surface area contributed by atoms with Crippen molar-refractivity contribution in [1.82, 2.24) is 5.32 Å². The Labute approximate surface area is 119 Å². The second-order valence-electron chi connectivity index (χ2n) is 4.92. The lowest BCUT2D eigenvalue weighted by atomic mass is 10.2. The lowest BCUT2D eigenvalue weighted by Crippen LogP contribution is -2.25. The number of hydrogen-bond donors (Lipinski definition) is 1. The zero-order valence-corrected chi connectivity index (χ0v) is 12.1.